The predicted octanol–water partition coefficient (Wildman–Crippen LogP) is 2.94. The van der Waals surface area contributed by atoms with Crippen molar-refractivity contribution in [1.29, 1.82) is 0 Å². The van der Waals surface area contributed by atoms with Crippen molar-refractivity contribution in [2.24, 2.45) is 23.5 Å². The van der Waals surface area contributed by atoms with Crippen molar-refractivity contribution in [1.82, 2.24) is 4.90 Å². The summed E-state index contributed by atoms with van der Waals surface area (Å²) in [7, 11) is 0. The van der Waals surface area contributed by atoms with Gasteiger partial charge in [-0.3, -0.25) is 9.59 Å². The van der Waals surface area contributed by atoms with Gasteiger partial charge in [-0.1, -0.05) is 43.1 Å². The summed E-state index contributed by atoms with van der Waals surface area (Å²) in [6.45, 7) is 7.75. The molecule has 1 aliphatic rings. The van der Waals surface area contributed by atoms with Crippen molar-refractivity contribution in [3.05, 3.63) is 0 Å². The number of piperidine rings is 1. The quantitative estimate of drug-likeness (QED) is 0.709. The molecule has 0 spiro atoms. The maximum atomic E-state index is 12.9. The average molecular weight is 361 g/mol. The van der Waals surface area contributed by atoms with E-state index in [0.717, 1.165) is 38.8 Å². The number of nitrogens with zero attached hydrogens (tertiary/aromatic N) is 1. The molecule has 0 aromatic carbocycles. The van der Waals surface area contributed by atoms with E-state index in [1.807, 2.05) is 11.8 Å². The van der Waals surface area contributed by atoms with Crippen LogP contribution in [0, 0.1) is 17.8 Å². The largest absolute Gasteiger partial charge is 0.369 e. The van der Waals surface area contributed by atoms with Crippen molar-refractivity contribution in [3.8, 4) is 0 Å². The number of alkyl halides is 1. The highest BCUT2D eigenvalue weighted by atomic mass is 79.9. The van der Waals surface area contributed by atoms with Gasteiger partial charge in [0.2, 0.25) is 11.8 Å². The number of amides is 2. The Bertz CT molecular complexity index is 360. The third-order valence-corrected chi connectivity index (χ3v) is 4.92. The van der Waals surface area contributed by atoms with Crippen LogP contribution in [0.2, 0.25) is 0 Å². The number of carbonyl (C=O) groups excluding carboxylic acids is 2. The highest BCUT2D eigenvalue weighted by Crippen LogP contribution is 2.28. The van der Waals surface area contributed by atoms with Gasteiger partial charge < -0.3 is 10.6 Å². The van der Waals surface area contributed by atoms with Gasteiger partial charge in [-0.05, 0) is 31.6 Å². The number of hydrogen-bond acceptors (Lipinski definition) is 2. The van der Waals surface area contributed by atoms with Crippen molar-refractivity contribution in [2.45, 2.75) is 57.7 Å². The molecule has 5 heteroatoms. The molecular weight excluding hydrogens is 332 g/mol. The Hall–Kier alpha value is -0.580. The molecule has 1 unspecified atom stereocenters. The summed E-state index contributed by atoms with van der Waals surface area (Å²) in [4.78, 5) is 27.0. The molecule has 3 atom stereocenters. The zero-order valence-electron chi connectivity index (χ0n) is 13.5. The Balaban J connectivity index is 2.88. The number of hydrogen-bond donors (Lipinski definition) is 1. The lowest BCUT2D eigenvalue weighted by atomic mass is 9.81. The standard InChI is InChI=1S/C16H29BrN2O2/c1-4-6-13(15(18)20)14(9-11(2)3)16(21)19-8-5-7-12(17)10-19/h11-14H,4-10H2,1-3H3,(H2,18,20)/t12?,13-,14+/m0/s1. The number of nitrogens with two attached hydrogens (primary N) is 1. The van der Waals surface area contributed by atoms with Gasteiger partial charge in [0.1, 0.15) is 0 Å². The summed E-state index contributed by atoms with van der Waals surface area (Å²) in [6, 6.07) is 0. The smallest absolute Gasteiger partial charge is 0.226 e. The van der Waals surface area contributed by atoms with E-state index in [1.54, 1.807) is 0 Å². The summed E-state index contributed by atoms with van der Waals surface area (Å²) >= 11 is 3.61. The van der Waals surface area contributed by atoms with Crippen LogP contribution in [0.4, 0.5) is 0 Å². The summed E-state index contributed by atoms with van der Waals surface area (Å²) < 4.78 is 0. The van der Waals surface area contributed by atoms with E-state index in [2.05, 4.69) is 29.8 Å². The first-order valence-corrected chi connectivity index (χ1v) is 9.00. The van der Waals surface area contributed by atoms with Gasteiger partial charge >= 0.3 is 0 Å². The maximum absolute atomic E-state index is 12.9. The number of carbonyl (C=O) groups is 2. The fraction of sp³-hybridized carbons (Fsp3) is 0.875. The zero-order chi connectivity index (χ0) is 16.0. The third-order valence-electron chi connectivity index (χ3n) is 4.17. The lowest BCUT2D eigenvalue weighted by molar-refractivity contribution is -0.142. The van der Waals surface area contributed by atoms with Gasteiger partial charge in [0.15, 0.2) is 0 Å². The van der Waals surface area contributed by atoms with Crippen LogP contribution in [0.5, 0.6) is 0 Å². The van der Waals surface area contributed by atoms with Gasteiger partial charge in [0, 0.05) is 29.8 Å². The first kappa shape index (κ1) is 18.5. The summed E-state index contributed by atoms with van der Waals surface area (Å²) in [6.07, 6.45) is 4.42. The van der Waals surface area contributed by atoms with E-state index in [4.69, 9.17) is 5.73 Å². The Morgan fingerprint density at radius 1 is 1.33 bits per heavy atom. The second kappa shape index (κ2) is 8.76. The number of halogens is 1. The van der Waals surface area contributed by atoms with Crippen LogP contribution in [0.15, 0.2) is 0 Å². The molecule has 2 N–H and O–H groups in total. The SMILES string of the molecule is CCC[C@H](C(N)=O)[C@@H](CC(C)C)C(=O)N1CCCC(Br)C1. The molecule has 1 heterocycles. The predicted molar refractivity (Wildman–Crippen MR) is 89.1 cm³/mol. The van der Waals surface area contributed by atoms with Gasteiger partial charge in [-0.25, -0.2) is 0 Å². The Kier molecular flexibility index (Phi) is 7.71. The van der Waals surface area contributed by atoms with Gasteiger partial charge in [0.05, 0.1) is 0 Å². The molecule has 122 valence electrons. The fourth-order valence-electron chi connectivity index (χ4n) is 3.16. The van der Waals surface area contributed by atoms with E-state index < -0.39 is 0 Å². The third kappa shape index (κ3) is 5.61. The second-order valence-corrected chi connectivity index (χ2v) is 7.85. The lowest BCUT2D eigenvalue weighted by Crippen LogP contribution is -2.47. The molecule has 0 bridgehead atoms. The Morgan fingerprint density at radius 3 is 2.48 bits per heavy atom. The topological polar surface area (TPSA) is 63.4 Å². The molecule has 0 aromatic heterocycles. The monoisotopic (exact) mass is 360 g/mol. The molecule has 4 nitrogen and oxygen atoms in total. The van der Waals surface area contributed by atoms with Gasteiger partial charge in [-0.15, -0.1) is 0 Å². The van der Waals surface area contributed by atoms with E-state index in [-0.39, 0.29) is 23.7 Å². The van der Waals surface area contributed by atoms with Crippen LogP contribution < -0.4 is 5.73 Å². The van der Waals surface area contributed by atoms with Crippen molar-refractivity contribution >= 4 is 27.7 Å². The number of likely N-dealkylation sites (tertiary alicyclic amines) is 1. The van der Waals surface area contributed by atoms with Gasteiger partial charge in [0.25, 0.3) is 0 Å². The summed E-state index contributed by atoms with van der Waals surface area (Å²) in [5.41, 5.74) is 5.58. The Morgan fingerprint density at radius 2 is 2.00 bits per heavy atom. The fourth-order valence-corrected chi connectivity index (χ4v) is 3.83. The highest BCUT2D eigenvalue weighted by molar-refractivity contribution is 9.09. The van der Waals surface area contributed by atoms with E-state index in [1.165, 1.54) is 0 Å². The molecule has 1 saturated heterocycles. The van der Waals surface area contributed by atoms with Crippen LogP contribution in [-0.2, 0) is 9.59 Å². The van der Waals surface area contributed by atoms with E-state index >= 15 is 0 Å². The number of primary amides is 1. The molecule has 1 aliphatic heterocycles. The minimum absolute atomic E-state index is 0.116. The minimum atomic E-state index is -0.333. The molecule has 1 rings (SSSR count). The van der Waals surface area contributed by atoms with Crippen LogP contribution in [0.25, 0.3) is 0 Å². The summed E-state index contributed by atoms with van der Waals surface area (Å²) in [5.74, 6) is -0.434. The summed E-state index contributed by atoms with van der Waals surface area (Å²) in [5, 5.41) is 0. The van der Waals surface area contributed by atoms with Crippen molar-refractivity contribution < 1.29 is 9.59 Å². The van der Waals surface area contributed by atoms with E-state index in [9.17, 15) is 9.59 Å². The Labute approximate surface area is 136 Å². The molecule has 2 amide bonds. The molecule has 21 heavy (non-hydrogen) atoms. The molecule has 1 fully saturated rings. The number of rotatable bonds is 7. The minimum Gasteiger partial charge on any atom is -0.369 e. The van der Waals surface area contributed by atoms with E-state index in [0.29, 0.717) is 17.2 Å². The first-order chi connectivity index (χ1) is 9.86. The zero-order valence-corrected chi connectivity index (χ0v) is 15.1. The van der Waals surface area contributed by atoms with Crippen molar-refractivity contribution in [2.75, 3.05) is 13.1 Å². The van der Waals surface area contributed by atoms with Crippen molar-refractivity contribution in [3.63, 3.8) is 0 Å². The average Bonchev–Trinajstić information content (AvgIpc) is 2.41. The second-order valence-electron chi connectivity index (χ2n) is 6.56. The van der Waals surface area contributed by atoms with Crippen LogP contribution in [0.3, 0.4) is 0 Å². The normalized spacial score (nSPS) is 22.1. The maximum Gasteiger partial charge on any atom is 0.226 e. The van der Waals surface area contributed by atoms with Crippen LogP contribution in [-0.4, -0.2) is 34.6 Å². The molecular formula is C16H29BrN2O2. The first-order valence-electron chi connectivity index (χ1n) is 8.08. The molecule has 0 radical (unpaired) electrons. The van der Waals surface area contributed by atoms with Gasteiger partial charge in [-0.2, -0.15) is 0 Å². The lowest BCUT2D eigenvalue weighted by Gasteiger charge is -2.35. The highest BCUT2D eigenvalue weighted by Gasteiger charge is 2.36. The van der Waals surface area contributed by atoms with Crippen LogP contribution >= 0.6 is 15.9 Å². The molecule has 0 aliphatic carbocycles. The van der Waals surface area contributed by atoms with Crippen LogP contribution in [0.1, 0.15) is 52.9 Å². The molecule has 0 saturated carbocycles. The molecule has 0 aromatic rings.